The van der Waals surface area contributed by atoms with Gasteiger partial charge in [0.25, 0.3) is 0 Å². The molecule has 1 aliphatic heterocycles. The Morgan fingerprint density at radius 1 is 1.28 bits per heavy atom. The van der Waals surface area contributed by atoms with Gasteiger partial charge in [-0.05, 0) is 44.5 Å². The van der Waals surface area contributed by atoms with Gasteiger partial charge < -0.3 is 0 Å². The minimum absolute atomic E-state index is 0.521. The lowest BCUT2D eigenvalue weighted by atomic mass is 10.0. The molecular formula is C15H18N2S. The minimum Gasteiger partial charge on any atom is -0.297 e. The third-order valence-electron chi connectivity index (χ3n) is 3.74. The number of aromatic nitrogens is 1. The van der Waals surface area contributed by atoms with E-state index in [1.807, 2.05) is 11.6 Å². The van der Waals surface area contributed by atoms with Gasteiger partial charge in [-0.2, -0.15) is 0 Å². The van der Waals surface area contributed by atoms with Gasteiger partial charge in [0.15, 0.2) is 0 Å². The quantitative estimate of drug-likeness (QED) is 0.828. The van der Waals surface area contributed by atoms with Gasteiger partial charge in [0.05, 0.1) is 0 Å². The summed E-state index contributed by atoms with van der Waals surface area (Å²) in [5.41, 5.74) is 2.65. The van der Waals surface area contributed by atoms with Crippen molar-refractivity contribution < 1.29 is 0 Å². The van der Waals surface area contributed by atoms with Gasteiger partial charge in [0.1, 0.15) is 5.01 Å². The first kappa shape index (κ1) is 11.9. The number of rotatable bonds is 3. The molecule has 0 N–H and O–H groups in total. The van der Waals surface area contributed by atoms with Crippen LogP contribution >= 0.6 is 11.3 Å². The van der Waals surface area contributed by atoms with Crippen molar-refractivity contribution >= 4 is 11.3 Å². The third-order valence-corrected chi connectivity index (χ3v) is 4.56. The first-order chi connectivity index (χ1) is 8.84. The number of hydrogen-bond donors (Lipinski definition) is 0. The lowest BCUT2D eigenvalue weighted by Crippen LogP contribution is -2.23. The monoisotopic (exact) mass is 258 g/mol. The SMILES string of the molecule is C[C@@H](c1cccc(-c2nccs2)c1)N1CCCC1. The first-order valence-electron chi connectivity index (χ1n) is 6.58. The van der Waals surface area contributed by atoms with Crippen LogP contribution in [0.25, 0.3) is 10.6 Å². The zero-order chi connectivity index (χ0) is 12.4. The summed E-state index contributed by atoms with van der Waals surface area (Å²) in [6, 6.07) is 9.35. The molecule has 1 fully saturated rings. The van der Waals surface area contributed by atoms with Crippen LogP contribution in [-0.2, 0) is 0 Å². The Hall–Kier alpha value is -1.19. The molecule has 2 aromatic rings. The van der Waals surface area contributed by atoms with E-state index in [1.165, 1.54) is 37.1 Å². The Balaban J connectivity index is 1.86. The lowest BCUT2D eigenvalue weighted by Gasteiger charge is -2.24. The van der Waals surface area contributed by atoms with Crippen molar-refractivity contribution in [1.82, 2.24) is 9.88 Å². The molecule has 94 valence electrons. The standard InChI is InChI=1S/C15H18N2S/c1-12(17-8-2-3-9-17)13-5-4-6-14(11-13)15-16-7-10-18-15/h4-7,10-12H,2-3,8-9H2,1H3/t12-/m0/s1. The van der Waals surface area contributed by atoms with Crippen molar-refractivity contribution in [3.63, 3.8) is 0 Å². The maximum Gasteiger partial charge on any atom is 0.123 e. The molecule has 0 unspecified atom stereocenters. The molecule has 0 saturated carbocycles. The van der Waals surface area contributed by atoms with E-state index in [-0.39, 0.29) is 0 Å². The maximum atomic E-state index is 4.39. The van der Waals surface area contributed by atoms with Gasteiger partial charge in [-0.1, -0.05) is 18.2 Å². The molecule has 1 saturated heterocycles. The summed E-state index contributed by atoms with van der Waals surface area (Å²) in [4.78, 5) is 6.96. The second kappa shape index (κ2) is 5.21. The number of thiazole rings is 1. The Bertz CT molecular complexity index is 501. The number of likely N-dealkylation sites (tertiary alicyclic amines) is 1. The second-order valence-electron chi connectivity index (χ2n) is 4.88. The van der Waals surface area contributed by atoms with E-state index in [9.17, 15) is 0 Å². The van der Waals surface area contributed by atoms with Crippen LogP contribution in [-0.4, -0.2) is 23.0 Å². The Morgan fingerprint density at radius 3 is 2.83 bits per heavy atom. The van der Waals surface area contributed by atoms with Crippen molar-refractivity contribution in [3.8, 4) is 10.6 Å². The van der Waals surface area contributed by atoms with Gasteiger partial charge in [-0.15, -0.1) is 11.3 Å². The molecule has 0 amide bonds. The molecule has 0 bridgehead atoms. The van der Waals surface area contributed by atoms with E-state index >= 15 is 0 Å². The Kier molecular flexibility index (Phi) is 3.43. The molecule has 18 heavy (non-hydrogen) atoms. The maximum absolute atomic E-state index is 4.39. The van der Waals surface area contributed by atoms with Crippen LogP contribution in [0.4, 0.5) is 0 Å². The molecule has 0 aliphatic carbocycles. The minimum atomic E-state index is 0.521. The fourth-order valence-corrected chi connectivity index (χ4v) is 3.27. The van der Waals surface area contributed by atoms with Crippen LogP contribution in [0.2, 0.25) is 0 Å². The molecule has 2 heterocycles. The Morgan fingerprint density at radius 2 is 2.11 bits per heavy atom. The first-order valence-corrected chi connectivity index (χ1v) is 7.46. The summed E-state index contributed by atoms with van der Waals surface area (Å²) >= 11 is 1.70. The lowest BCUT2D eigenvalue weighted by molar-refractivity contribution is 0.263. The van der Waals surface area contributed by atoms with Crippen molar-refractivity contribution in [2.75, 3.05) is 13.1 Å². The summed E-state index contributed by atoms with van der Waals surface area (Å²) in [7, 11) is 0. The van der Waals surface area contributed by atoms with Crippen molar-refractivity contribution in [3.05, 3.63) is 41.4 Å². The van der Waals surface area contributed by atoms with Crippen LogP contribution in [0.15, 0.2) is 35.8 Å². The van der Waals surface area contributed by atoms with Crippen LogP contribution in [0.1, 0.15) is 31.4 Å². The van der Waals surface area contributed by atoms with E-state index < -0.39 is 0 Å². The summed E-state index contributed by atoms with van der Waals surface area (Å²) in [6.45, 7) is 4.79. The number of hydrogen-bond acceptors (Lipinski definition) is 3. The van der Waals surface area contributed by atoms with Gasteiger partial charge in [-0.25, -0.2) is 4.98 Å². The van der Waals surface area contributed by atoms with Crippen LogP contribution in [0, 0.1) is 0 Å². The average molecular weight is 258 g/mol. The zero-order valence-corrected chi connectivity index (χ0v) is 11.5. The average Bonchev–Trinajstić information content (AvgIpc) is 3.11. The van der Waals surface area contributed by atoms with Crippen molar-refractivity contribution in [1.29, 1.82) is 0 Å². The van der Waals surface area contributed by atoms with E-state index in [0.717, 1.165) is 5.01 Å². The molecule has 2 nitrogen and oxygen atoms in total. The van der Waals surface area contributed by atoms with Crippen molar-refractivity contribution in [2.24, 2.45) is 0 Å². The van der Waals surface area contributed by atoms with Crippen LogP contribution in [0.5, 0.6) is 0 Å². The highest BCUT2D eigenvalue weighted by Crippen LogP contribution is 2.28. The summed E-state index contributed by atoms with van der Waals surface area (Å²) in [5, 5.41) is 3.15. The fourth-order valence-electron chi connectivity index (χ4n) is 2.64. The normalized spacial score (nSPS) is 18.1. The van der Waals surface area contributed by atoms with E-state index in [4.69, 9.17) is 0 Å². The van der Waals surface area contributed by atoms with Gasteiger partial charge in [0.2, 0.25) is 0 Å². The highest BCUT2D eigenvalue weighted by atomic mass is 32.1. The molecule has 3 rings (SSSR count). The highest BCUT2D eigenvalue weighted by Gasteiger charge is 2.19. The number of nitrogens with zero attached hydrogens (tertiary/aromatic N) is 2. The smallest absolute Gasteiger partial charge is 0.123 e. The molecule has 1 aliphatic rings. The predicted molar refractivity (Wildman–Crippen MR) is 76.8 cm³/mol. The molecule has 1 aromatic carbocycles. The summed E-state index contributed by atoms with van der Waals surface area (Å²) < 4.78 is 0. The van der Waals surface area contributed by atoms with E-state index in [1.54, 1.807) is 11.3 Å². The molecule has 0 radical (unpaired) electrons. The van der Waals surface area contributed by atoms with Crippen LogP contribution in [0.3, 0.4) is 0 Å². The molecule has 1 aromatic heterocycles. The largest absolute Gasteiger partial charge is 0.297 e. The van der Waals surface area contributed by atoms with Gasteiger partial charge >= 0.3 is 0 Å². The Labute approximate surface area is 112 Å². The van der Waals surface area contributed by atoms with Gasteiger partial charge in [0, 0.05) is 23.2 Å². The van der Waals surface area contributed by atoms with E-state index in [0.29, 0.717) is 6.04 Å². The second-order valence-corrected chi connectivity index (χ2v) is 5.78. The van der Waals surface area contributed by atoms with E-state index in [2.05, 4.69) is 41.1 Å². The topological polar surface area (TPSA) is 16.1 Å². The molecular weight excluding hydrogens is 240 g/mol. The fraction of sp³-hybridized carbons (Fsp3) is 0.400. The zero-order valence-electron chi connectivity index (χ0n) is 10.7. The summed E-state index contributed by atoms with van der Waals surface area (Å²) in [5.74, 6) is 0. The van der Waals surface area contributed by atoms with Crippen LogP contribution < -0.4 is 0 Å². The van der Waals surface area contributed by atoms with Gasteiger partial charge in [-0.3, -0.25) is 4.90 Å². The summed E-state index contributed by atoms with van der Waals surface area (Å²) in [6.07, 6.45) is 4.56. The predicted octanol–water partition coefficient (Wildman–Crippen LogP) is 3.97. The third kappa shape index (κ3) is 2.33. The van der Waals surface area contributed by atoms with Crippen molar-refractivity contribution in [2.45, 2.75) is 25.8 Å². The highest BCUT2D eigenvalue weighted by molar-refractivity contribution is 7.13. The molecule has 1 atom stereocenters. The molecule has 0 spiro atoms. The number of benzene rings is 1. The molecule has 3 heteroatoms.